The van der Waals surface area contributed by atoms with Crippen LogP contribution in [0.2, 0.25) is 5.15 Å². The van der Waals surface area contributed by atoms with Gasteiger partial charge < -0.3 is 10.6 Å². The number of aldehydes is 1. The molecule has 0 saturated carbocycles. The summed E-state index contributed by atoms with van der Waals surface area (Å²) in [6.45, 7) is 9.01. The van der Waals surface area contributed by atoms with Crippen LogP contribution in [0.5, 0.6) is 0 Å². The lowest BCUT2D eigenvalue weighted by Crippen LogP contribution is -2.47. The smallest absolute Gasteiger partial charge is 0.242 e. The second-order valence-electron chi connectivity index (χ2n) is 5.55. The Morgan fingerprint density at radius 1 is 1.35 bits per heavy atom. The van der Waals surface area contributed by atoms with Crippen molar-refractivity contribution in [3.63, 3.8) is 0 Å². The Labute approximate surface area is 123 Å². The molecule has 0 radical (unpaired) electrons. The van der Waals surface area contributed by atoms with E-state index in [1.807, 2.05) is 20.8 Å². The van der Waals surface area contributed by atoms with Crippen LogP contribution in [-0.2, 0) is 4.79 Å². The first-order valence-corrected chi connectivity index (χ1v) is 6.59. The molecule has 1 aromatic heterocycles. The van der Waals surface area contributed by atoms with Gasteiger partial charge in [0, 0.05) is 5.54 Å². The molecule has 2 N–H and O–H groups in total. The average molecular weight is 299 g/mol. The summed E-state index contributed by atoms with van der Waals surface area (Å²) >= 11 is 5.88. The number of nitrogens with zero attached hydrogens (tertiary/aromatic N) is 2. The van der Waals surface area contributed by atoms with E-state index >= 15 is 0 Å². The van der Waals surface area contributed by atoms with Crippen molar-refractivity contribution in [2.75, 3.05) is 5.32 Å². The van der Waals surface area contributed by atoms with E-state index in [0.29, 0.717) is 12.1 Å². The Morgan fingerprint density at radius 2 is 1.95 bits per heavy atom. The van der Waals surface area contributed by atoms with Crippen LogP contribution in [0.4, 0.5) is 5.82 Å². The number of carbonyl (C=O) groups is 2. The standard InChI is InChI=1S/C13H19ClN4O2/c1-7(12(20)18-13(3,4)5)15-11-9(6-19)10(14)16-8(2)17-11/h6-7H,1-5H3,(H,18,20)(H,15,16,17). The maximum atomic E-state index is 12.0. The number of aromatic nitrogens is 2. The van der Waals surface area contributed by atoms with Crippen LogP contribution in [0.1, 0.15) is 43.9 Å². The number of amides is 1. The van der Waals surface area contributed by atoms with Gasteiger partial charge in [0.1, 0.15) is 22.8 Å². The first-order valence-electron chi connectivity index (χ1n) is 6.22. The first-order chi connectivity index (χ1) is 9.14. The zero-order valence-corrected chi connectivity index (χ0v) is 13.0. The highest BCUT2D eigenvalue weighted by Crippen LogP contribution is 2.19. The van der Waals surface area contributed by atoms with Crippen LogP contribution >= 0.6 is 11.6 Å². The lowest BCUT2D eigenvalue weighted by molar-refractivity contribution is -0.122. The third-order valence-electron chi connectivity index (χ3n) is 2.37. The number of hydrogen-bond acceptors (Lipinski definition) is 5. The molecule has 0 spiro atoms. The molecule has 6 nitrogen and oxygen atoms in total. The second kappa shape index (κ2) is 6.17. The maximum absolute atomic E-state index is 12.0. The molecule has 1 unspecified atom stereocenters. The number of carbonyl (C=O) groups excluding carboxylic acids is 2. The van der Waals surface area contributed by atoms with Crippen molar-refractivity contribution in [2.24, 2.45) is 0 Å². The molecule has 0 aliphatic heterocycles. The Hall–Kier alpha value is -1.69. The highest BCUT2D eigenvalue weighted by atomic mass is 35.5. The molecule has 0 bridgehead atoms. The van der Waals surface area contributed by atoms with Gasteiger partial charge in [-0.25, -0.2) is 9.97 Å². The van der Waals surface area contributed by atoms with Crippen molar-refractivity contribution >= 4 is 29.6 Å². The summed E-state index contributed by atoms with van der Waals surface area (Å²) in [6.07, 6.45) is 0.568. The van der Waals surface area contributed by atoms with Gasteiger partial charge >= 0.3 is 0 Å². The molecule has 0 aliphatic rings. The van der Waals surface area contributed by atoms with Crippen molar-refractivity contribution in [1.82, 2.24) is 15.3 Å². The Bertz CT molecular complexity index is 526. The van der Waals surface area contributed by atoms with Gasteiger partial charge in [-0.3, -0.25) is 9.59 Å². The van der Waals surface area contributed by atoms with Gasteiger partial charge in [-0.1, -0.05) is 11.6 Å². The minimum absolute atomic E-state index is 0.0680. The zero-order valence-electron chi connectivity index (χ0n) is 12.2. The van der Waals surface area contributed by atoms with Gasteiger partial charge in [0.05, 0.1) is 5.56 Å². The van der Waals surface area contributed by atoms with E-state index in [1.54, 1.807) is 13.8 Å². The molecule has 20 heavy (non-hydrogen) atoms. The summed E-state index contributed by atoms with van der Waals surface area (Å²) in [4.78, 5) is 31.0. The van der Waals surface area contributed by atoms with Gasteiger partial charge in [0.2, 0.25) is 5.91 Å². The largest absolute Gasteiger partial charge is 0.358 e. The molecule has 1 rings (SSSR count). The van der Waals surface area contributed by atoms with E-state index in [0.717, 1.165) is 0 Å². The molecule has 1 heterocycles. The topological polar surface area (TPSA) is 84.0 Å². The van der Waals surface area contributed by atoms with Crippen LogP contribution in [0.3, 0.4) is 0 Å². The number of halogens is 1. The zero-order chi connectivity index (χ0) is 15.5. The second-order valence-corrected chi connectivity index (χ2v) is 5.91. The fourth-order valence-corrected chi connectivity index (χ4v) is 1.77. The molecule has 0 aromatic carbocycles. The molecule has 0 aliphatic carbocycles. The number of hydrogen-bond donors (Lipinski definition) is 2. The Balaban J connectivity index is 2.93. The lowest BCUT2D eigenvalue weighted by atomic mass is 10.1. The summed E-state index contributed by atoms with van der Waals surface area (Å²) < 4.78 is 0. The quantitative estimate of drug-likeness (QED) is 0.656. The predicted octanol–water partition coefficient (Wildman–Crippen LogP) is 1.97. The van der Waals surface area contributed by atoms with Crippen molar-refractivity contribution in [3.05, 3.63) is 16.5 Å². The molecular formula is C13H19ClN4O2. The average Bonchev–Trinajstić information content (AvgIpc) is 2.25. The van der Waals surface area contributed by atoms with Gasteiger partial charge in [0.15, 0.2) is 6.29 Å². The van der Waals surface area contributed by atoms with E-state index < -0.39 is 6.04 Å². The van der Waals surface area contributed by atoms with Gasteiger partial charge in [-0.15, -0.1) is 0 Å². The van der Waals surface area contributed by atoms with Crippen molar-refractivity contribution in [1.29, 1.82) is 0 Å². The summed E-state index contributed by atoms with van der Waals surface area (Å²) in [6, 6.07) is -0.557. The first kappa shape index (κ1) is 16.4. The maximum Gasteiger partial charge on any atom is 0.242 e. The summed E-state index contributed by atoms with van der Waals surface area (Å²) in [5, 5.41) is 5.79. The SMILES string of the molecule is Cc1nc(Cl)c(C=O)c(NC(C)C(=O)NC(C)(C)C)n1. The van der Waals surface area contributed by atoms with E-state index in [4.69, 9.17) is 11.6 Å². The molecule has 7 heteroatoms. The fourth-order valence-electron chi connectivity index (χ4n) is 1.51. The number of rotatable bonds is 4. The van der Waals surface area contributed by atoms with E-state index in [-0.39, 0.29) is 28.0 Å². The van der Waals surface area contributed by atoms with Gasteiger partial charge in [0.25, 0.3) is 0 Å². The molecule has 0 fully saturated rings. The molecule has 1 aromatic rings. The summed E-state index contributed by atoms with van der Waals surface area (Å²) in [5.74, 6) is 0.488. The van der Waals surface area contributed by atoms with Crippen LogP contribution < -0.4 is 10.6 Å². The number of aryl methyl sites for hydroxylation is 1. The monoisotopic (exact) mass is 298 g/mol. The van der Waals surface area contributed by atoms with E-state index in [1.165, 1.54) is 0 Å². The third-order valence-corrected chi connectivity index (χ3v) is 2.66. The number of nitrogens with one attached hydrogen (secondary N) is 2. The van der Waals surface area contributed by atoms with Crippen LogP contribution in [0.25, 0.3) is 0 Å². The lowest BCUT2D eigenvalue weighted by Gasteiger charge is -2.24. The summed E-state index contributed by atoms with van der Waals surface area (Å²) in [5.41, 5.74) is -0.188. The highest BCUT2D eigenvalue weighted by molar-refractivity contribution is 6.32. The third kappa shape index (κ3) is 4.45. The Kier molecular flexibility index (Phi) is 5.05. The minimum atomic E-state index is -0.557. The predicted molar refractivity (Wildman–Crippen MR) is 78.1 cm³/mol. The molecular weight excluding hydrogens is 280 g/mol. The Morgan fingerprint density at radius 3 is 2.45 bits per heavy atom. The van der Waals surface area contributed by atoms with E-state index in [2.05, 4.69) is 20.6 Å². The van der Waals surface area contributed by atoms with Crippen molar-refractivity contribution in [2.45, 2.75) is 46.2 Å². The summed E-state index contributed by atoms with van der Waals surface area (Å²) in [7, 11) is 0. The number of anilines is 1. The molecule has 0 saturated heterocycles. The molecule has 110 valence electrons. The molecule has 1 atom stereocenters. The van der Waals surface area contributed by atoms with E-state index in [9.17, 15) is 9.59 Å². The minimum Gasteiger partial charge on any atom is -0.358 e. The van der Waals surface area contributed by atoms with Crippen molar-refractivity contribution < 1.29 is 9.59 Å². The van der Waals surface area contributed by atoms with Crippen molar-refractivity contribution in [3.8, 4) is 0 Å². The highest BCUT2D eigenvalue weighted by Gasteiger charge is 2.21. The van der Waals surface area contributed by atoms with Crippen LogP contribution in [0, 0.1) is 6.92 Å². The van der Waals surface area contributed by atoms with Crippen LogP contribution in [-0.4, -0.2) is 33.7 Å². The molecule has 1 amide bonds. The van der Waals surface area contributed by atoms with Gasteiger partial charge in [-0.05, 0) is 34.6 Å². The van der Waals surface area contributed by atoms with Gasteiger partial charge in [-0.2, -0.15) is 0 Å². The normalized spacial score (nSPS) is 12.7. The van der Waals surface area contributed by atoms with Crippen LogP contribution in [0.15, 0.2) is 0 Å². The fraction of sp³-hybridized carbons (Fsp3) is 0.538.